The molecule has 0 aliphatic carbocycles. The number of aromatic amines is 1. The van der Waals surface area contributed by atoms with E-state index in [1.807, 2.05) is 19.9 Å². The molecule has 0 radical (unpaired) electrons. The molecule has 0 spiro atoms. The first-order valence-corrected chi connectivity index (χ1v) is 8.25. The third kappa shape index (κ3) is 4.10. The molecule has 2 rings (SSSR count). The van der Waals surface area contributed by atoms with Gasteiger partial charge in [-0.2, -0.15) is 0 Å². The highest BCUT2D eigenvalue weighted by molar-refractivity contribution is 7.88. The Labute approximate surface area is 124 Å². The second-order valence-electron chi connectivity index (χ2n) is 4.81. The maximum atomic E-state index is 12.0. The average Bonchev–Trinajstić information content (AvgIpc) is 2.68. The molecule has 0 unspecified atom stereocenters. The lowest BCUT2D eigenvalue weighted by Crippen LogP contribution is -2.24. The molecule has 0 aliphatic rings. The molecule has 108 valence electrons. The molecule has 2 aromatic rings. The minimum atomic E-state index is -3.36. The number of sulfonamides is 1. The van der Waals surface area contributed by atoms with Gasteiger partial charge in [0.1, 0.15) is 0 Å². The summed E-state index contributed by atoms with van der Waals surface area (Å²) in [6.07, 6.45) is 0. The van der Waals surface area contributed by atoms with Crippen LogP contribution in [0, 0.1) is 13.8 Å². The summed E-state index contributed by atoms with van der Waals surface area (Å²) >= 11 is 5.78. The summed E-state index contributed by atoms with van der Waals surface area (Å²) in [6.45, 7) is 4.17. The Morgan fingerprint density at radius 3 is 2.40 bits per heavy atom. The predicted octanol–water partition coefficient (Wildman–Crippen LogP) is 2.90. The highest BCUT2D eigenvalue weighted by Crippen LogP contribution is 2.13. The fraction of sp³-hybridized carbons (Fsp3) is 0.286. The van der Waals surface area contributed by atoms with E-state index in [0.717, 1.165) is 17.0 Å². The lowest BCUT2D eigenvalue weighted by Gasteiger charge is -2.07. The highest BCUT2D eigenvalue weighted by atomic mass is 35.5. The van der Waals surface area contributed by atoms with Gasteiger partial charge in [0.2, 0.25) is 10.0 Å². The van der Waals surface area contributed by atoms with Crippen molar-refractivity contribution in [1.82, 2.24) is 9.71 Å². The van der Waals surface area contributed by atoms with Crippen LogP contribution in [0.15, 0.2) is 30.3 Å². The Bertz CT molecular complexity index is 690. The molecular formula is C14H17ClN2O2S. The number of nitrogens with one attached hydrogen (secondary N) is 2. The normalized spacial score (nSPS) is 11.8. The number of benzene rings is 1. The second kappa shape index (κ2) is 5.99. The molecule has 0 atom stereocenters. The summed E-state index contributed by atoms with van der Waals surface area (Å²) < 4.78 is 26.7. The molecule has 0 amide bonds. The molecule has 1 heterocycles. The van der Waals surface area contributed by atoms with Gasteiger partial charge < -0.3 is 4.98 Å². The van der Waals surface area contributed by atoms with E-state index in [-0.39, 0.29) is 5.75 Å². The van der Waals surface area contributed by atoms with E-state index in [0.29, 0.717) is 17.1 Å². The lowest BCUT2D eigenvalue weighted by molar-refractivity contribution is 0.580. The van der Waals surface area contributed by atoms with Gasteiger partial charge in [-0.15, -0.1) is 0 Å². The number of aryl methyl sites for hydroxylation is 2. The highest BCUT2D eigenvalue weighted by Gasteiger charge is 2.12. The summed E-state index contributed by atoms with van der Waals surface area (Å²) in [4.78, 5) is 3.15. The van der Waals surface area contributed by atoms with Gasteiger partial charge in [-0.1, -0.05) is 23.7 Å². The van der Waals surface area contributed by atoms with Crippen molar-refractivity contribution in [3.63, 3.8) is 0 Å². The fourth-order valence-corrected chi connectivity index (χ4v) is 3.24. The van der Waals surface area contributed by atoms with E-state index in [9.17, 15) is 8.42 Å². The number of halogens is 1. The topological polar surface area (TPSA) is 62.0 Å². The van der Waals surface area contributed by atoms with Gasteiger partial charge in [-0.25, -0.2) is 13.1 Å². The molecule has 1 aromatic carbocycles. The second-order valence-corrected chi connectivity index (χ2v) is 7.05. The first-order valence-electron chi connectivity index (χ1n) is 6.22. The third-order valence-electron chi connectivity index (χ3n) is 3.01. The van der Waals surface area contributed by atoms with Crippen LogP contribution < -0.4 is 4.72 Å². The molecule has 1 aromatic heterocycles. The average molecular weight is 313 g/mol. The van der Waals surface area contributed by atoms with Crippen LogP contribution in [0.1, 0.15) is 22.5 Å². The van der Waals surface area contributed by atoms with Crippen LogP contribution in [-0.2, 0) is 22.3 Å². The Hall–Kier alpha value is -1.30. The summed E-state index contributed by atoms with van der Waals surface area (Å²) in [5, 5.41) is 0.595. The first-order chi connectivity index (χ1) is 9.35. The van der Waals surface area contributed by atoms with E-state index >= 15 is 0 Å². The summed E-state index contributed by atoms with van der Waals surface area (Å²) in [5.41, 5.74) is 3.68. The molecule has 0 saturated carbocycles. The lowest BCUT2D eigenvalue weighted by atomic mass is 10.2. The number of aromatic nitrogens is 1. The molecule has 4 nitrogen and oxygen atoms in total. The quantitative estimate of drug-likeness (QED) is 0.891. The fourth-order valence-electron chi connectivity index (χ4n) is 2.00. The van der Waals surface area contributed by atoms with Crippen LogP contribution in [0.5, 0.6) is 0 Å². The number of hydrogen-bond donors (Lipinski definition) is 2. The maximum absolute atomic E-state index is 12.0. The molecule has 0 saturated heterocycles. The zero-order valence-electron chi connectivity index (χ0n) is 11.4. The molecule has 6 heteroatoms. The molecule has 2 N–H and O–H groups in total. The van der Waals surface area contributed by atoms with Crippen LogP contribution in [0.3, 0.4) is 0 Å². The van der Waals surface area contributed by atoms with Crippen molar-refractivity contribution >= 4 is 21.6 Å². The first kappa shape index (κ1) is 15.1. The van der Waals surface area contributed by atoms with Gasteiger partial charge in [-0.3, -0.25) is 0 Å². The van der Waals surface area contributed by atoms with Crippen molar-refractivity contribution in [3.05, 3.63) is 57.9 Å². The number of H-pyrrole nitrogens is 1. The largest absolute Gasteiger partial charge is 0.362 e. The van der Waals surface area contributed by atoms with Gasteiger partial charge in [0.15, 0.2) is 0 Å². The minimum absolute atomic E-state index is 0.0490. The van der Waals surface area contributed by atoms with E-state index in [1.54, 1.807) is 24.3 Å². The number of hydrogen-bond acceptors (Lipinski definition) is 2. The molecule has 0 aliphatic heterocycles. The number of rotatable bonds is 5. The molecular weight excluding hydrogens is 296 g/mol. The van der Waals surface area contributed by atoms with Gasteiger partial charge >= 0.3 is 0 Å². The van der Waals surface area contributed by atoms with Crippen LogP contribution in [-0.4, -0.2) is 13.4 Å². The SMILES string of the molecule is Cc1cc(CNS(=O)(=O)Cc2ccc(Cl)cc2)c(C)[nH]1. The summed E-state index contributed by atoms with van der Waals surface area (Å²) in [7, 11) is -3.36. The summed E-state index contributed by atoms with van der Waals surface area (Å²) in [5.74, 6) is -0.0490. The smallest absolute Gasteiger partial charge is 0.216 e. The monoisotopic (exact) mass is 312 g/mol. The summed E-state index contributed by atoms with van der Waals surface area (Å²) in [6, 6.07) is 8.75. The van der Waals surface area contributed by atoms with Crippen molar-refractivity contribution in [1.29, 1.82) is 0 Å². The van der Waals surface area contributed by atoms with Gasteiger partial charge in [0.25, 0.3) is 0 Å². The van der Waals surface area contributed by atoms with Crippen molar-refractivity contribution in [2.75, 3.05) is 0 Å². The minimum Gasteiger partial charge on any atom is -0.362 e. The molecule has 0 bridgehead atoms. The van der Waals surface area contributed by atoms with Crippen molar-refractivity contribution in [2.24, 2.45) is 0 Å². The Balaban J connectivity index is 2.01. The predicted molar refractivity (Wildman–Crippen MR) is 81.2 cm³/mol. The van der Waals surface area contributed by atoms with Crippen LogP contribution in [0.25, 0.3) is 0 Å². The van der Waals surface area contributed by atoms with Crippen LogP contribution >= 0.6 is 11.6 Å². The Kier molecular flexibility index (Phi) is 4.52. The van der Waals surface area contributed by atoms with E-state index in [2.05, 4.69) is 9.71 Å². The standard InChI is InChI=1S/C14H17ClN2O2S/c1-10-7-13(11(2)17-10)8-16-20(18,19)9-12-3-5-14(15)6-4-12/h3-7,16-17H,8-9H2,1-2H3. The van der Waals surface area contributed by atoms with E-state index in [4.69, 9.17) is 11.6 Å². The van der Waals surface area contributed by atoms with Gasteiger partial charge in [0.05, 0.1) is 5.75 Å². The zero-order valence-corrected chi connectivity index (χ0v) is 13.0. The van der Waals surface area contributed by atoms with Crippen molar-refractivity contribution in [3.8, 4) is 0 Å². The van der Waals surface area contributed by atoms with Gasteiger partial charge in [0, 0.05) is 23.0 Å². The Morgan fingerprint density at radius 2 is 1.85 bits per heavy atom. The third-order valence-corrected chi connectivity index (χ3v) is 4.56. The van der Waals surface area contributed by atoms with E-state index in [1.165, 1.54) is 0 Å². The van der Waals surface area contributed by atoms with Gasteiger partial charge in [-0.05, 0) is 43.2 Å². The van der Waals surface area contributed by atoms with Crippen molar-refractivity contribution < 1.29 is 8.42 Å². The molecule has 0 fully saturated rings. The van der Waals surface area contributed by atoms with Crippen LogP contribution in [0.2, 0.25) is 5.02 Å². The zero-order chi connectivity index (χ0) is 14.8. The van der Waals surface area contributed by atoms with Crippen LogP contribution in [0.4, 0.5) is 0 Å². The molecule has 20 heavy (non-hydrogen) atoms. The van der Waals surface area contributed by atoms with Crippen molar-refractivity contribution in [2.45, 2.75) is 26.1 Å². The Morgan fingerprint density at radius 1 is 1.20 bits per heavy atom. The van der Waals surface area contributed by atoms with E-state index < -0.39 is 10.0 Å². The maximum Gasteiger partial charge on any atom is 0.216 e.